The molecule has 0 bridgehead atoms. The molecule has 24 heavy (non-hydrogen) atoms. The van der Waals surface area contributed by atoms with Gasteiger partial charge in [0.15, 0.2) is 6.10 Å². The quantitative estimate of drug-likeness (QED) is 0.886. The summed E-state index contributed by atoms with van der Waals surface area (Å²) in [4.78, 5) is 13.6. The van der Waals surface area contributed by atoms with Crippen LogP contribution in [0.1, 0.15) is 11.6 Å². The highest BCUT2D eigenvalue weighted by atomic mass is 19.4. The molecular formula is C17H15F3N2O2. The number of nitrogens with two attached hydrogens (primary N) is 1. The normalized spacial score (nSPS) is 18.6. The van der Waals surface area contributed by atoms with E-state index in [4.69, 9.17) is 5.73 Å². The monoisotopic (exact) mass is 336 g/mol. The maximum Gasteiger partial charge on any atom is 0.416 e. The molecule has 0 fully saturated rings. The smallest absolute Gasteiger partial charge is 0.382 e. The Morgan fingerprint density at radius 3 is 2.33 bits per heavy atom. The maximum atomic E-state index is 12.7. The lowest BCUT2D eigenvalue weighted by Gasteiger charge is -2.27. The minimum atomic E-state index is -4.82. The summed E-state index contributed by atoms with van der Waals surface area (Å²) in [6.07, 6.45) is -7.47. The first kappa shape index (κ1) is 16.5. The Morgan fingerprint density at radius 1 is 1.08 bits per heavy atom. The minimum Gasteiger partial charge on any atom is -0.382 e. The number of para-hydroxylation sites is 1. The number of aliphatic hydroxyl groups excluding tert-OH is 1. The van der Waals surface area contributed by atoms with Crippen LogP contribution in [0.25, 0.3) is 11.1 Å². The van der Waals surface area contributed by atoms with Crippen LogP contribution in [-0.2, 0) is 4.79 Å². The largest absolute Gasteiger partial charge is 0.416 e. The number of fused-ring (bicyclic) bond motifs is 3. The number of rotatable bonds is 2. The summed E-state index contributed by atoms with van der Waals surface area (Å²) in [6.45, 7) is -0.902. The standard InChI is InChI=1S/C17H15F3N2O2/c18-17(19,20)14(23)9-22-13-8-4-3-6-11(13)10-5-1-2-7-12(10)15(21)16(22)24/h1-8,14-15,23H,9,21H2/t14?,15-/m0/s1. The van der Waals surface area contributed by atoms with E-state index in [1.165, 1.54) is 0 Å². The predicted octanol–water partition coefficient (Wildman–Crippen LogP) is 2.62. The van der Waals surface area contributed by atoms with Gasteiger partial charge in [0.05, 0.1) is 12.2 Å². The van der Waals surface area contributed by atoms with Gasteiger partial charge in [0.25, 0.3) is 0 Å². The number of carbonyl (C=O) groups excluding carboxylic acids is 1. The first-order valence-electron chi connectivity index (χ1n) is 7.31. The summed E-state index contributed by atoms with van der Waals surface area (Å²) >= 11 is 0. The van der Waals surface area contributed by atoms with Crippen LogP contribution in [0.4, 0.5) is 18.9 Å². The van der Waals surface area contributed by atoms with E-state index in [0.29, 0.717) is 22.4 Å². The number of alkyl halides is 3. The number of halogens is 3. The topological polar surface area (TPSA) is 66.6 Å². The van der Waals surface area contributed by atoms with E-state index >= 15 is 0 Å². The van der Waals surface area contributed by atoms with Gasteiger partial charge >= 0.3 is 6.18 Å². The molecule has 0 aromatic heterocycles. The van der Waals surface area contributed by atoms with Gasteiger partial charge in [-0.05, 0) is 17.2 Å². The van der Waals surface area contributed by atoms with Gasteiger partial charge in [0.1, 0.15) is 6.04 Å². The molecular weight excluding hydrogens is 321 g/mol. The zero-order chi connectivity index (χ0) is 17.5. The highest BCUT2D eigenvalue weighted by Crippen LogP contribution is 2.39. The summed E-state index contributed by atoms with van der Waals surface area (Å²) in [5.41, 5.74) is 8.12. The number of anilines is 1. The zero-order valence-electron chi connectivity index (χ0n) is 12.5. The third-order valence-electron chi connectivity index (χ3n) is 4.05. The van der Waals surface area contributed by atoms with Crippen LogP contribution in [0.2, 0.25) is 0 Å². The highest BCUT2D eigenvalue weighted by molar-refractivity contribution is 6.04. The van der Waals surface area contributed by atoms with Crippen molar-refractivity contribution in [1.82, 2.24) is 0 Å². The van der Waals surface area contributed by atoms with E-state index in [9.17, 15) is 23.1 Å². The van der Waals surface area contributed by atoms with Crippen molar-refractivity contribution in [2.45, 2.75) is 18.3 Å². The Morgan fingerprint density at radius 2 is 1.67 bits per heavy atom. The molecule has 126 valence electrons. The van der Waals surface area contributed by atoms with Crippen LogP contribution in [0.15, 0.2) is 48.5 Å². The maximum absolute atomic E-state index is 12.7. The van der Waals surface area contributed by atoms with Crippen molar-refractivity contribution in [1.29, 1.82) is 0 Å². The number of nitrogens with zero attached hydrogens (tertiary/aromatic N) is 1. The van der Waals surface area contributed by atoms with Gasteiger partial charge in [-0.3, -0.25) is 4.79 Å². The van der Waals surface area contributed by atoms with Gasteiger partial charge in [-0.25, -0.2) is 0 Å². The van der Waals surface area contributed by atoms with Crippen LogP contribution < -0.4 is 10.6 Å². The van der Waals surface area contributed by atoms with Crippen LogP contribution in [0, 0.1) is 0 Å². The molecule has 3 N–H and O–H groups in total. The van der Waals surface area contributed by atoms with E-state index < -0.39 is 30.8 Å². The minimum absolute atomic E-state index is 0.297. The number of hydrogen-bond donors (Lipinski definition) is 2. The fourth-order valence-corrected chi connectivity index (χ4v) is 2.83. The average Bonchev–Trinajstić information content (AvgIpc) is 2.64. The van der Waals surface area contributed by atoms with Crippen molar-refractivity contribution in [2.75, 3.05) is 11.4 Å². The summed E-state index contributed by atoms with van der Waals surface area (Å²) in [5.74, 6) is -0.685. The first-order valence-corrected chi connectivity index (χ1v) is 7.31. The van der Waals surface area contributed by atoms with Gasteiger partial charge < -0.3 is 15.7 Å². The lowest BCUT2D eigenvalue weighted by atomic mass is 9.96. The molecule has 1 aliphatic heterocycles. The van der Waals surface area contributed by atoms with Crippen LogP contribution in [-0.4, -0.2) is 29.8 Å². The van der Waals surface area contributed by atoms with E-state index in [1.54, 1.807) is 48.5 Å². The van der Waals surface area contributed by atoms with Gasteiger partial charge in [-0.15, -0.1) is 0 Å². The second kappa shape index (κ2) is 5.92. The molecule has 0 spiro atoms. The van der Waals surface area contributed by atoms with Crippen LogP contribution >= 0.6 is 0 Å². The van der Waals surface area contributed by atoms with Crippen molar-refractivity contribution >= 4 is 11.6 Å². The second-order valence-corrected chi connectivity index (χ2v) is 5.59. The summed E-state index contributed by atoms with van der Waals surface area (Å²) < 4.78 is 38.2. The van der Waals surface area contributed by atoms with E-state index in [2.05, 4.69) is 0 Å². The summed E-state index contributed by atoms with van der Waals surface area (Å²) in [6, 6.07) is 12.4. The van der Waals surface area contributed by atoms with Gasteiger partial charge in [-0.1, -0.05) is 42.5 Å². The molecule has 1 unspecified atom stereocenters. The van der Waals surface area contributed by atoms with Crippen LogP contribution in [0.3, 0.4) is 0 Å². The molecule has 7 heteroatoms. The fourth-order valence-electron chi connectivity index (χ4n) is 2.83. The molecule has 1 aliphatic rings. The second-order valence-electron chi connectivity index (χ2n) is 5.59. The average molecular weight is 336 g/mol. The summed E-state index contributed by atoms with van der Waals surface area (Å²) in [7, 11) is 0. The fraction of sp³-hybridized carbons (Fsp3) is 0.235. The lowest BCUT2D eigenvalue weighted by molar-refractivity contribution is -0.200. The molecule has 1 amide bonds. The molecule has 2 aromatic carbocycles. The number of hydrogen-bond acceptors (Lipinski definition) is 3. The molecule has 2 aromatic rings. The van der Waals surface area contributed by atoms with Gasteiger partial charge in [0.2, 0.25) is 5.91 Å². The Kier molecular flexibility index (Phi) is 4.06. The van der Waals surface area contributed by atoms with Crippen molar-refractivity contribution in [2.24, 2.45) is 5.73 Å². The molecule has 0 radical (unpaired) electrons. The molecule has 2 atom stereocenters. The Labute approximate surface area is 136 Å². The van der Waals surface area contributed by atoms with Crippen molar-refractivity contribution < 1.29 is 23.1 Å². The summed E-state index contributed by atoms with van der Waals surface area (Å²) in [5, 5.41) is 9.42. The van der Waals surface area contributed by atoms with E-state index in [1.807, 2.05) is 0 Å². The number of amides is 1. The Balaban J connectivity index is 2.14. The first-order chi connectivity index (χ1) is 11.3. The molecule has 0 aliphatic carbocycles. The third kappa shape index (κ3) is 2.76. The highest BCUT2D eigenvalue weighted by Gasteiger charge is 2.42. The van der Waals surface area contributed by atoms with Gasteiger partial charge in [-0.2, -0.15) is 13.2 Å². The predicted molar refractivity (Wildman–Crippen MR) is 83.2 cm³/mol. The Hall–Kier alpha value is -2.38. The SMILES string of the molecule is N[C@@H]1C(=O)N(CC(O)C(F)(F)F)c2ccccc2-c2ccccc21. The molecule has 1 heterocycles. The van der Waals surface area contributed by atoms with E-state index in [-0.39, 0.29) is 0 Å². The van der Waals surface area contributed by atoms with E-state index in [0.717, 1.165) is 4.90 Å². The number of carbonyl (C=O) groups is 1. The Bertz CT molecular complexity index is 776. The van der Waals surface area contributed by atoms with Crippen molar-refractivity contribution in [3.05, 3.63) is 54.1 Å². The number of aliphatic hydroxyl groups is 1. The third-order valence-corrected chi connectivity index (χ3v) is 4.05. The van der Waals surface area contributed by atoms with Gasteiger partial charge in [0, 0.05) is 5.56 Å². The number of β-amino-alcohol motifs (C(OH)–C–C–N with tert-alkyl or cyclic N) is 1. The molecule has 0 saturated heterocycles. The van der Waals surface area contributed by atoms with Crippen molar-refractivity contribution in [3.63, 3.8) is 0 Å². The number of benzene rings is 2. The lowest BCUT2D eigenvalue weighted by Crippen LogP contribution is -2.46. The molecule has 3 rings (SSSR count). The van der Waals surface area contributed by atoms with Crippen LogP contribution in [0.5, 0.6) is 0 Å². The molecule has 0 saturated carbocycles. The zero-order valence-corrected chi connectivity index (χ0v) is 12.5. The molecule has 4 nitrogen and oxygen atoms in total. The van der Waals surface area contributed by atoms with Crippen molar-refractivity contribution in [3.8, 4) is 11.1 Å².